The van der Waals surface area contributed by atoms with Gasteiger partial charge in [0.25, 0.3) is 0 Å². The quantitative estimate of drug-likeness (QED) is 0.749. The molecule has 0 aromatic carbocycles. The Kier molecular flexibility index (Phi) is 5.76. The zero-order chi connectivity index (χ0) is 21.2. The molecule has 7 nitrogen and oxygen atoms in total. The van der Waals surface area contributed by atoms with Gasteiger partial charge in [-0.05, 0) is 37.0 Å². The molecule has 1 aliphatic rings. The van der Waals surface area contributed by atoms with Crippen LogP contribution in [-0.4, -0.2) is 41.9 Å². The number of pyridine rings is 2. The third kappa shape index (κ3) is 4.66. The maximum absolute atomic E-state index is 14.3. The summed E-state index contributed by atoms with van der Waals surface area (Å²) in [6.07, 6.45) is -3.59. The van der Waals surface area contributed by atoms with Gasteiger partial charge < -0.3 is 14.6 Å². The monoisotopic (exact) mass is 414 g/mol. The number of amides is 1. The van der Waals surface area contributed by atoms with E-state index in [-0.39, 0.29) is 35.7 Å². The molecule has 1 fully saturated rings. The van der Waals surface area contributed by atoms with Gasteiger partial charge in [-0.1, -0.05) is 0 Å². The van der Waals surface area contributed by atoms with E-state index in [1.54, 1.807) is 0 Å². The summed E-state index contributed by atoms with van der Waals surface area (Å²) in [6, 6.07) is 1.78. The SMILES string of the molecule is COC(=O)Nc1cc(-c2cc(N3CCCC[C@@H]3C(F)(F)F)[nH]c(=O)c2)c(F)cn1. The van der Waals surface area contributed by atoms with Crippen LogP contribution in [0.4, 0.5) is 34.0 Å². The maximum Gasteiger partial charge on any atom is 0.412 e. The Balaban J connectivity index is 2.02. The first-order valence-corrected chi connectivity index (χ1v) is 8.77. The van der Waals surface area contributed by atoms with Crippen LogP contribution in [0.3, 0.4) is 0 Å². The Hall–Kier alpha value is -3.11. The molecule has 0 aliphatic carbocycles. The van der Waals surface area contributed by atoms with Gasteiger partial charge in [-0.2, -0.15) is 13.2 Å². The van der Waals surface area contributed by atoms with Crippen molar-refractivity contribution >= 4 is 17.7 Å². The van der Waals surface area contributed by atoms with Gasteiger partial charge in [0, 0.05) is 18.2 Å². The largest absolute Gasteiger partial charge is 0.453 e. The average molecular weight is 414 g/mol. The number of methoxy groups -OCH3 is 1. The first-order valence-electron chi connectivity index (χ1n) is 8.77. The van der Waals surface area contributed by atoms with Crippen molar-refractivity contribution in [1.82, 2.24) is 9.97 Å². The molecule has 3 heterocycles. The lowest BCUT2D eigenvalue weighted by atomic mass is 10.0. The molecule has 2 aromatic rings. The molecule has 3 rings (SSSR count). The average Bonchev–Trinajstić information content (AvgIpc) is 2.68. The molecule has 11 heteroatoms. The van der Waals surface area contributed by atoms with E-state index in [0.29, 0.717) is 12.8 Å². The van der Waals surface area contributed by atoms with Crippen molar-refractivity contribution in [2.24, 2.45) is 0 Å². The van der Waals surface area contributed by atoms with Crippen LogP contribution in [0.1, 0.15) is 19.3 Å². The van der Waals surface area contributed by atoms with E-state index in [4.69, 9.17) is 0 Å². The summed E-state index contributed by atoms with van der Waals surface area (Å²) in [6.45, 7) is 0.109. The second-order valence-electron chi connectivity index (χ2n) is 6.53. The molecule has 0 bridgehead atoms. The number of anilines is 2. The number of carbonyl (C=O) groups excluding carboxylic acids is 1. The fraction of sp³-hybridized carbons (Fsp3) is 0.389. The molecular formula is C18H18F4N4O3. The van der Waals surface area contributed by atoms with Crippen molar-refractivity contribution in [2.75, 3.05) is 23.9 Å². The highest BCUT2D eigenvalue weighted by atomic mass is 19.4. The molecule has 0 radical (unpaired) electrons. The number of nitrogens with zero attached hydrogens (tertiary/aromatic N) is 2. The molecule has 1 atom stereocenters. The van der Waals surface area contributed by atoms with Crippen LogP contribution < -0.4 is 15.8 Å². The van der Waals surface area contributed by atoms with Crippen molar-refractivity contribution in [1.29, 1.82) is 0 Å². The summed E-state index contributed by atoms with van der Waals surface area (Å²) < 4.78 is 59.0. The van der Waals surface area contributed by atoms with Crippen molar-refractivity contribution in [2.45, 2.75) is 31.5 Å². The Morgan fingerprint density at radius 3 is 2.76 bits per heavy atom. The predicted molar refractivity (Wildman–Crippen MR) is 97.3 cm³/mol. The van der Waals surface area contributed by atoms with Gasteiger partial charge in [-0.25, -0.2) is 14.2 Å². The second kappa shape index (κ2) is 8.10. The van der Waals surface area contributed by atoms with E-state index < -0.39 is 29.7 Å². The lowest BCUT2D eigenvalue weighted by molar-refractivity contribution is -0.152. The van der Waals surface area contributed by atoms with E-state index in [1.807, 2.05) is 0 Å². The lowest BCUT2D eigenvalue weighted by Crippen LogP contribution is -2.49. The summed E-state index contributed by atoms with van der Waals surface area (Å²) in [4.78, 5) is 30.6. The minimum absolute atomic E-state index is 0.0405. The van der Waals surface area contributed by atoms with Gasteiger partial charge >= 0.3 is 12.3 Å². The molecule has 2 aromatic heterocycles. The Labute approximate surface area is 162 Å². The predicted octanol–water partition coefficient (Wildman–Crippen LogP) is 3.68. The van der Waals surface area contributed by atoms with Crippen LogP contribution in [0.5, 0.6) is 0 Å². The molecule has 2 N–H and O–H groups in total. The van der Waals surface area contributed by atoms with E-state index in [2.05, 4.69) is 20.0 Å². The highest BCUT2D eigenvalue weighted by Gasteiger charge is 2.45. The Bertz CT molecular complexity index is 961. The van der Waals surface area contributed by atoms with Crippen molar-refractivity contribution in [3.8, 4) is 11.1 Å². The molecule has 1 aliphatic heterocycles. The summed E-state index contributed by atoms with van der Waals surface area (Å²) >= 11 is 0. The first-order chi connectivity index (χ1) is 13.7. The van der Waals surface area contributed by atoms with E-state index in [9.17, 15) is 27.2 Å². The number of nitrogens with one attached hydrogen (secondary N) is 2. The van der Waals surface area contributed by atoms with Crippen LogP contribution in [0, 0.1) is 5.82 Å². The molecule has 1 saturated heterocycles. The number of H-pyrrole nitrogens is 1. The molecule has 156 valence electrons. The van der Waals surface area contributed by atoms with E-state index >= 15 is 0 Å². The second-order valence-corrected chi connectivity index (χ2v) is 6.53. The summed E-state index contributed by atoms with van der Waals surface area (Å²) in [7, 11) is 1.14. The van der Waals surface area contributed by atoms with Crippen LogP contribution in [0.25, 0.3) is 11.1 Å². The minimum Gasteiger partial charge on any atom is -0.453 e. The lowest BCUT2D eigenvalue weighted by Gasteiger charge is -2.38. The molecule has 0 unspecified atom stereocenters. The summed E-state index contributed by atoms with van der Waals surface area (Å²) in [5.74, 6) is -0.891. The molecule has 0 saturated carbocycles. The summed E-state index contributed by atoms with van der Waals surface area (Å²) in [5, 5.41) is 2.26. The number of aromatic amines is 1. The van der Waals surface area contributed by atoms with Gasteiger partial charge in [-0.15, -0.1) is 0 Å². The smallest absolute Gasteiger partial charge is 0.412 e. The topological polar surface area (TPSA) is 87.3 Å². The number of rotatable bonds is 3. The number of alkyl halides is 3. The maximum atomic E-state index is 14.3. The van der Waals surface area contributed by atoms with Crippen LogP contribution in [0.15, 0.2) is 29.2 Å². The Morgan fingerprint density at radius 1 is 1.31 bits per heavy atom. The third-order valence-electron chi connectivity index (χ3n) is 4.60. The molecule has 1 amide bonds. The zero-order valence-electron chi connectivity index (χ0n) is 15.3. The van der Waals surface area contributed by atoms with Crippen molar-refractivity contribution < 1.29 is 27.1 Å². The van der Waals surface area contributed by atoms with Gasteiger partial charge in [-0.3, -0.25) is 10.1 Å². The minimum atomic E-state index is -4.47. The third-order valence-corrected chi connectivity index (χ3v) is 4.60. The van der Waals surface area contributed by atoms with Crippen molar-refractivity contribution in [3.05, 3.63) is 40.6 Å². The fourth-order valence-corrected chi connectivity index (χ4v) is 3.28. The number of carbonyl (C=O) groups is 1. The standard InChI is InChI=1S/C18H18F4N4O3/c1-29-17(28)24-14-8-11(12(19)9-23-14)10-6-15(25-16(27)7-10)26-5-3-2-4-13(26)18(20,21)22/h6-9,13H,2-5H2,1H3,(H,25,27)(H,23,24,28)/t13-/m1/s1. The number of aromatic nitrogens is 2. The van der Waals surface area contributed by atoms with Crippen LogP contribution in [-0.2, 0) is 4.74 Å². The fourth-order valence-electron chi connectivity index (χ4n) is 3.28. The molecular weight excluding hydrogens is 396 g/mol. The number of ether oxygens (including phenoxy) is 1. The van der Waals surface area contributed by atoms with Crippen molar-refractivity contribution in [3.63, 3.8) is 0 Å². The zero-order valence-corrected chi connectivity index (χ0v) is 15.3. The van der Waals surface area contributed by atoms with Crippen LogP contribution >= 0.6 is 0 Å². The van der Waals surface area contributed by atoms with E-state index in [1.165, 1.54) is 12.1 Å². The number of hydrogen-bond acceptors (Lipinski definition) is 5. The highest BCUT2D eigenvalue weighted by molar-refractivity contribution is 5.84. The molecule has 29 heavy (non-hydrogen) atoms. The number of piperidine rings is 1. The highest BCUT2D eigenvalue weighted by Crippen LogP contribution is 2.35. The van der Waals surface area contributed by atoms with E-state index in [0.717, 1.165) is 24.3 Å². The van der Waals surface area contributed by atoms with Gasteiger partial charge in [0.2, 0.25) is 5.56 Å². The van der Waals surface area contributed by atoms with Gasteiger partial charge in [0.1, 0.15) is 23.5 Å². The molecule has 0 spiro atoms. The first kappa shape index (κ1) is 20.6. The normalized spacial score (nSPS) is 17.1. The summed E-state index contributed by atoms with van der Waals surface area (Å²) in [5.41, 5.74) is -0.718. The number of hydrogen-bond donors (Lipinski definition) is 2. The number of halogens is 4. The van der Waals surface area contributed by atoms with Gasteiger partial charge in [0.05, 0.1) is 13.3 Å². The Morgan fingerprint density at radius 2 is 2.07 bits per heavy atom. The van der Waals surface area contributed by atoms with Crippen LogP contribution in [0.2, 0.25) is 0 Å². The van der Waals surface area contributed by atoms with Gasteiger partial charge in [0.15, 0.2) is 0 Å².